The molecular weight excluding hydrogens is 306 g/mol. The molecule has 3 amide bonds. The van der Waals surface area contributed by atoms with Crippen LogP contribution in [0.5, 0.6) is 0 Å². The Kier molecular flexibility index (Phi) is 4.55. The van der Waals surface area contributed by atoms with Gasteiger partial charge in [-0.2, -0.15) is 0 Å². The van der Waals surface area contributed by atoms with E-state index in [0.29, 0.717) is 12.8 Å². The Bertz CT molecular complexity index is 740. The molecule has 1 aromatic carbocycles. The maximum atomic E-state index is 12.1. The molecule has 0 unspecified atom stereocenters. The van der Waals surface area contributed by atoms with Gasteiger partial charge in [0.25, 0.3) is 0 Å². The van der Waals surface area contributed by atoms with Gasteiger partial charge in [0, 0.05) is 18.2 Å². The monoisotopic (exact) mass is 327 g/mol. The highest BCUT2D eigenvalue weighted by molar-refractivity contribution is 5.99. The van der Waals surface area contributed by atoms with Crippen LogP contribution in [0.25, 0.3) is 0 Å². The summed E-state index contributed by atoms with van der Waals surface area (Å²) in [6, 6.07) is 9.07. The molecular formula is C18H21N3O3. The van der Waals surface area contributed by atoms with Crippen molar-refractivity contribution < 1.29 is 14.0 Å². The summed E-state index contributed by atoms with van der Waals surface area (Å²) < 4.78 is 5.28. The third-order valence-electron chi connectivity index (χ3n) is 4.07. The van der Waals surface area contributed by atoms with Crippen LogP contribution < -0.4 is 16.0 Å². The van der Waals surface area contributed by atoms with Gasteiger partial charge >= 0.3 is 6.03 Å². The molecule has 1 aromatic heterocycles. The number of carbonyl (C=O) groups excluding carboxylic acids is 2. The first kappa shape index (κ1) is 16.1. The van der Waals surface area contributed by atoms with Gasteiger partial charge in [-0.25, -0.2) is 4.79 Å². The fourth-order valence-corrected chi connectivity index (χ4v) is 2.85. The lowest BCUT2D eigenvalue weighted by molar-refractivity contribution is -0.115. The molecule has 0 fully saturated rings. The summed E-state index contributed by atoms with van der Waals surface area (Å²) in [5, 5.41) is 8.63. The molecule has 6 nitrogen and oxygen atoms in total. The van der Waals surface area contributed by atoms with Crippen LogP contribution >= 0.6 is 0 Å². The topological polar surface area (TPSA) is 83.4 Å². The van der Waals surface area contributed by atoms with Gasteiger partial charge in [-0.05, 0) is 43.2 Å². The fraction of sp³-hybridized carbons (Fsp3) is 0.333. The number of hydrogen-bond acceptors (Lipinski definition) is 3. The van der Waals surface area contributed by atoms with Crippen LogP contribution in [0.2, 0.25) is 0 Å². The number of rotatable bonds is 5. The Morgan fingerprint density at radius 2 is 2.12 bits per heavy atom. The van der Waals surface area contributed by atoms with Crippen LogP contribution in [0.1, 0.15) is 36.8 Å². The predicted molar refractivity (Wildman–Crippen MR) is 90.7 cm³/mol. The first-order valence-electron chi connectivity index (χ1n) is 8.03. The quantitative estimate of drug-likeness (QED) is 0.789. The average molecular weight is 327 g/mol. The summed E-state index contributed by atoms with van der Waals surface area (Å²) in [5.74, 6) is 0.846. The van der Waals surface area contributed by atoms with Crippen LogP contribution in [0.15, 0.2) is 41.0 Å². The summed E-state index contributed by atoms with van der Waals surface area (Å²) >= 11 is 0. The van der Waals surface area contributed by atoms with Crippen molar-refractivity contribution in [1.29, 1.82) is 0 Å². The summed E-state index contributed by atoms with van der Waals surface area (Å²) in [6.45, 7) is 3.85. The molecule has 0 saturated heterocycles. The van der Waals surface area contributed by atoms with Crippen LogP contribution in [0.3, 0.4) is 0 Å². The lowest BCUT2D eigenvalue weighted by Gasteiger charge is -2.18. The normalized spacial score (nSPS) is 15.3. The van der Waals surface area contributed by atoms with Crippen molar-refractivity contribution in [3.63, 3.8) is 0 Å². The van der Waals surface area contributed by atoms with Crippen LogP contribution in [0, 0.1) is 0 Å². The second kappa shape index (κ2) is 6.78. The zero-order chi connectivity index (χ0) is 17.1. The van der Waals surface area contributed by atoms with Crippen LogP contribution in [-0.2, 0) is 17.6 Å². The van der Waals surface area contributed by atoms with Gasteiger partial charge in [-0.3, -0.25) is 4.79 Å². The van der Waals surface area contributed by atoms with Crippen molar-refractivity contribution in [1.82, 2.24) is 10.6 Å². The molecule has 2 atom stereocenters. The van der Waals surface area contributed by atoms with E-state index in [1.165, 1.54) is 0 Å². The van der Waals surface area contributed by atoms with Crippen molar-refractivity contribution >= 4 is 17.6 Å². The summed E-state index contributed by atoms with van der Waals surface area (Å²) in [5.41, 5.74) is 2.80. The van der Waals surface area contributed by atoms with E-state index in [0.717, 1.165) is 22.6 Å². The molecule has 24 heavy (non-hydrogen) atoms. The number of anilines is 1. The Labute approximate surface area is 140 Å². The minimum absolute atomic E-state index is 0.00672. The molecule has 2 heterocycles. The van der Waals surface area contributed by atoms with Crippen LogP contribution in [-0.4, -0.2) is 18.0 Å². The molecule has 1 aliphatic rings. The smallest absolute Gasteiger partial charge is 0.315 e. The average Bonchev–Trinajstić information content (AvgIpc) is 3.13. The fourth-order valence-electron chi connectivity index (χ4n) is 2.85. The third kappa shape index (κ3) is 3.76. The Morgan fingerprint density at radius 3 is 2.88 bits per heavy atom. The molecule has 0 saturated carbocycles. The van der Waals surface area contributed by atoms with Gasteiger partial charge in [0.1, 0.15) is 5.76 Å². The molecule has 126 valence electrons. The highest BCUT2D eigenvalue weighted by atomic mass is 16.3. The van der Waals surface area contributed by atoms with Gasteiger partial charge in [0.05, 0.1) is 18.7 Å². The van der Waals surface area contributed by atoms with E-state index in [1.807, 2.05) is 44.2 Å². The SMILES string of the molecule is C[C@H](Cc1ccco1)NC(=O)N[C@@H](C)c1ccc2c(c1)CC(=O)N2. The van der Waals surface area contributed by atoms with E-state index in [9.17, 15) is 9.59 Å². The van der Waals surface area contributed by atoms with Crippen molar-refractivity contribution in [2.75, 3.05) is 5.32 Å². The molecule has 1 aliphatic heterocycles. The highest BCUT2D eigenvalue weighted by Crippen LogP contribution is 2.26. The Hall–Kier alpha value is -2.76. The number of hydrogen-bond donors (Lipinski definition) is 3. The zero-order valence-electron chi connectivity index (χ0n) is 13.8. The van der Waals surface area contributed by atoms with Gasteiger partial charge in [0.15, 0.2) is 0 Å². The first-order chi connectivity index (χ1) is 11.5. The predicted octanol–water partition coefficient (Wildman–Crippen LogP) is 2.77. The second-order valence-corrected chi connectivity index (χ2v) is 6.17. The van der Waals surface area contributed by atoms with E-state index in [2.05, 4.69) is 16.0 Å². The standard InChI is InChI=1S/C18H21N3O3/c1-11(8-15-4-3-7-24-15)19-18(23)20-12(2)13-5-6-16-14(9-13)10-17(22)21-16/h3-7,9,11-12H,8,10H2,1-2H3,(H,21,22)(H2,19,20,23)/t11-,12+/m1/s1. The molecule has 3 N–H and O–H groups in total. The van der Waals surface area contributed by atoms with E-state index in [4.69, 9.17) is 4.42 Å². The minimum atomic E-state index is -0.226. The number of benzene rings is 1. The lowest BCUT2D eigenvalue weighted by Crippen LogP contribution is -2.42. The maximum absolute atomic E-state index is 12.1. The van der Waals surface area contributed by atoms with Crippen molar-refractivity contribution in [2.45, 2.75) is 38.8 Å². The first-order valence-corrected chi connectivity index (χ1v) is 8.03. The van der Waals surface area contributed by atoms with Gasteiger partial charge in [-0.1, -0.05) is 12.1 Å². The Morgan fingerprint density at radius 1 is 1.29 bits per heavy atom. The number of amides is 3. The number of furan rings is 1. The number of fused-ring (bicyclic) bond motifs is 1. The van der Waals surface area contributed by atoms with Crippen molar-refractivity contribution in [3.8, 4) is 0 Å². The zero-order valence-corrected chi connectivity index (χ0v) is 13.8. The summed E-state index contributed by atoms with van der Waals surface area (Å²) in [6.07, 6.45) is 2.65. The number of nitrogens with one attached hydrogen (secondary N) is 3. The van der Waals surface area contributed by atoms with Gasteiger partial charge in [0.2, 0.25) is 5.91 Å². The molecule has 3 rings (SSSR count). The summed E-state index contributed by atoms with van der Waals surface area (Å²) in [4.78, 5) is 23.5. The molecule has 2 aromatic rings. The molecule has 0 aliphatic carbocycles. The lowest BCUT2D eigenvalue weighted by atomic mass is 10.0. The second-order valence-electron chi connectivity index (χ2n) is 6.17. The van der Waals surface area contributed by atoms with Gasteiger partial charge in [-0.15, -0.1) is 0 Å². The molecule has 0 spiro atoms. The van der Waals surface area contributed by atoms with E-state index >= 15 is 0 Å². The number of urea groups is 1. The van der Waals surface area contributed by atoms with Crippen molar-refractivity contribution in [3.05, 3.63) is 53.5 Å². The molecule has 0 bridgehead atoms. The minimum Gasteiger partial charge on any atom is -0.469 e. The van der Waals surface area contributed by atoms with E-state index in [1.54, 1.807) is 6.26 Å². The molecule has 6 heteroatoms. The van der Waals surface area contributed by atoms with Crippen molar-refractivity contribution in [2.24, 2.45) is 0 Å². The Balaban J connectivity index is 1.54. The molecule has 0 radical (unpaired) electrons. The number of carbonyl (C=O) groups is 2. The van der Waals surface area contributed by atoms with E-state index in [-0.39, 0.29) is 24.0 Å². The largest absolute Gasteiger partial charge is 0.469 e. The summed E-state index contributed by atoms with van der Waals surface area (Å²) in [7, 11) is 0. The maximum Gasteiger partial charge on any atom is 0.315 e. The third-order valence-corrected chi connectivity index (χ3v) is 4.07. The highest BCUT2D eigenvalue weighted by Gasteiger charge is 2.19. The van der Waals surface area contributed by atoms with Gasteiger partial charge < -0.3 is 20.4 Å². The van der Waals surface area contributed by atoms with E-state index < -0.39 is 0 Å². The van der Waals surface area contributed by atoms with Crippen LogP contribution in [0.4, 0.5) is 10.5 Å².